The summed E-state index contributed by atoms with van der Waals surface area (Å²) in [4.78, 5) is 0. The minimum absolute atomic E-state index is 0.0511. The Balaban J connectivity index is 1.64. The standard InChI is InChI=1S/C19H23NO3S/c1-15-5-4-6-16(11-15)13-24(22,23)20-14-19(21)10-9-17-7-2-3-8-18(17)12-19/h2-8,11,20-21H,9-10,12-14H2,1H3/t19-/m0/s1. The molecule has 1 atom stereocenters. The van der Waals surface area contributed by atoms with E-state index in [-0.39, 0.29) is 12.3 Å². The van der Waals surface area contributed by atoms with E-state index in [0.29, 0.717) is 12.8 Å². The van der Waals surface area contributed by atoms with E-state index in [4.69, 9.17) is 0 Å². The molecular weight excluding hydrogens is 322 g/mol. The summed E-state index contributed by atoms with van der Waals surface area (Å²) in [6, 6.07) is 15.5. The first-order valence-corrected chi connectivity index (χ1v) is 9.83. The number of hydrogen-bond acceptors (Lipinski definition) is 3. The summed E-state index contributed by atoms with van der Waals surface area (Å²) in [7, 11) is -3.48. The summed E-state index contributed by atoms with van der Waals surface area (Å²) in [6.45, 7) is 1.99. The molecule has 0 spiro atoms. The van der Waals surface area contributed by atoms with Crippen LogP contribution in [0.3, 0.4) is 0 Å². The van der Waals surface area contributed by atoms with Gasteiger partial charge >= 0.3 is 0 Å². The van der Waals surface area contributed by atoms with E-state index in [1.165, 1.54) is 5.56 Å². The highest BCUT2D eigenvalue weighted by Gasteiger charge is 2.33. The molecule has 24 heavy (non-hydrogen) atoms. The molecular formula is C19H23NO3S. The lowest BCUT2D eigenvalue weighted by molar-refractivity contribution is 0.0317. The summed E-state index contributed by atoms with van der Waals surface area (Å²) < 4.78 is 27.2. The van der Waals surface area contributed by atoms with Crippen LogP contribution in [0.15, 0.2) is 48.5 Å². The fourth-order valence-electron chi connectivity index (χ4n) is 3.25. The quantitative estimate of drug-likeness (QED) is 0.874. The highest BCUT2D eigenvalue weighted by molar-refractivity contribution is 7.88. The summed E-state index contributed by atoms with van der Waals surface area (Å²) in [6.07, 6.45) is 1.82. The van der Waals surface area contributed by atoms with E-state index in [1.54, 1.807) is 6.07 Å². The lowest BCUT2D eigenvalue weighted by atomic mass is 9.80. The highest BCUT2D eigenvalue weighted by atomic mass is 32.2. The molecule has 1 aliphatic carbocycles. The molecule has 2 aromatic rings. The van der Waals surface area contributed by atoms with Gasteiger partial charge in [0.2, 0.25) is 10.0 Å². The van der Waals surface area contributed by atoms with Crippen LogP contribution in [0.5, 0.6) is 0 Å². The normalized spacial score (nSPS) is 20.6. The third kappa shape index (κ3) is 4.23. The zero-order valence-corrected chi connectivity index (χ0v) is 14.6. The number of aryl methyl sites for hydroxylation is 2. The second-order valence-electron chi connectivity index (χ2n) is 6.74. The van der Waals surface area contributed by atoms with Crippen molar-refractivity contribution in [2.45, 2.75) is 37.5 Å². The van der Waals surface area contributed by atoms with E-state index in [0.717, 1.165) is 23.1 Å². The molecule has 0 aliphatic heterocycles. The predicted molar refractivity (Wildman–Crippen MR) is 95.2 cm³/mol. The Kier molecular flexibility index (Phi) is 4.76. The summed E-state index contributed by atoms with van der Waals surface area (Å²) in [5, 5.41) is 10.8. The van der Waals surface area contributed by atoms with Gasteiger partial charge in [0.1, 0.15) is 0 Å². The van der Waals surface area contributed by atoms with Crippen molar-refractivity contribution < 1.29 is 13.5 Å². The lowest BCUT2D eigenvalue weighted by Crippen LogP contribution is -2.46. The molecule has 128 valence electrons. The summed E-state index contributed by atoms with van der Waals surface area (Å²) >= 11 is 0. The SMILES string of the molecule is Cc1cccc(CS(=O)(=O)NC[C@]2(O)CCc3ccccc3C2)c1. The molecule has 1 aliphatic rings. The third-order valence-corrected chi connectivity index (χ3v) is 5.86. The van der Waals surface area contributed by atoms with Crippen LogP contribution in [0.2, 0.25) is 0 Å². The largest absolute Gasteiger partial charge is 0.388 e. The minimum Gasteiger partial charge on any atom is -0.388 e. The smallest absolute Gasteiger partial charge is 0.215 e. The van der Waals surface area contributed by atoms with E-state index >= 15 is 0 Å². The summed E-state index contributed by atoms with van der Waals surface area (Å²) in [5.41, 5.74) is 3.11. The van der Waals surface area contributed by atoms with E-state index in [1.807, 2.05) is 43.3 Å². The molecule has 5 heteroatoms. The van der Waals surface area contributed by atoms with Gasteiger partial charge in [-0.2, -0.15) is 0 Å². The average Bonchev–Trinajstić information content (AvgIpc) is 2.53. The maximum Gasteiger partial charge on any atom is 0.215 e. The highest BCUT2D eigenvalue weighted by Crippen LogP contribution is 2.28. The van der Waals surface area contributed by atoms with E-state index in [9.17, 15) is 13.5 Å². The number of hydrogen-bond donors (Lipinski definition) is 2. The lowest BCUT2D eigenvalue weighted by Gasteiger charge is -2.33. The van der Waals surface area contributed by atoms with Gasteiger partial charge in [-0.05, 0) is 36.5 Å². The van der Waals surface area contributed by atoms with Gasteiger partial charge in [0.15, 0.2) is 0 Å². The van der Waals surface area contributed by atoms with Crippen LogP contribution >= 0.6 is 0 Å². The molecule has 0 heterocycles. The van der Waals surface area contributed by atoms with Gasteiger partial charge in [0.25, 0.3) is 0 Å². The van der Waals surface area contributed by atoms with Gasteiger partial charge in [-0.25, -0.2) is 13.1 Å². The zero-order valence-electron chi connectivity index (χ0n) is 13.8. The van der Waals surface area contributed by atoms with Gasteiger partial charge in [0, 0.05) is 13.0 Å². The Morgan fingerprint density at radius 1 is 1.12 bits per heavy atom. The Morgan fingerprint density at radius 3 is 2.62 bits per heavy atom. The van der Waals surface area contributed by atoms with Gasteiger partial charge in [-0.15, -0.1) is 0 Å². The van der Waals surface area contributed by atoms with Crippen LogP contribution in [0, 0.1) is 6.92 Å². The number of fused-ring (bicyclic) bond motifs is 1. The number of sulfonamides is 1. The van der Waals surface area contributed by atoms with Gasteiger partial charge < -0.3 is 5.11 Å². The van der Waals surface area contributed by atoms with Crippen molar-refractivity contribution in [1.82, 2.24) is 4.72 Å². The molecule has 0 fully saturated rings. The van der Waals surface area contributed by atoms with Crippen molar-refractivity contribution in [3.63, 3.8) is 0 Å². The molecule has 0 unspecified atom stereocenters. The van der Waals surface area contributed by atoms with Gasteiger partial charge in [0.05, 0.1) is 11.4 Å². The Hall–Kier alpha value is -1.69. The molecule has 3 rings (SSSR count). The minimum atomic E-state index is -3.48. The Labute approximate surface area is 143 Å². The monoisotopic (exact) mass is 345 g/mol. The molecule has 2 aromatic carbocycles. The summed E-state index contributed by atoms with van der Waals surface area (Å²) in [5.74, 6) is -0.0681. The first kappa shape index (κ1) is 17.1. The molecule has 0 bridgehead atoms. The van der Waals surface area contributed by atoms with Crippen LogP contribution in [0.25, 0.3) is 0 Å². The fraction of sp³-hybridized carbons (Fsp3) is 0.368. The van der Waals surface area contributed by atoms with Crippen LogP contribution in [-0.2, 0) is 28.6 Å². The molecule has 0 amide bonds. The first-order chi connectivity index (χ1) is 11.4. The van der Waals surface area contributed by atoms with Crippen molar-refractivity contribution in [2.75, 3.05) is 6.54 Å². The Morgan fingerprint density at radius 2 is 1.88 bits per heavy atom. The van der Waals surface area contributed by atoms with Crippen molar-refractivity contribution in [3.05, 3.63) is 70.8 Å². The predicted octanol–water partition coefficient (Wildman–Crippen LogP) is 2.33. The molecule has 0 saturated carbocycles. The van der Waals surface area contributed by atoms with Crippen LogP contribution < -0.4 is 4.72 Å². The zero-order chi connectivity index (χ0) is 17.2. The fourth-order valence-corrected chi connectivity index (χ4v) is 4.46. The van der Waals surface area contributed by atoms with E-state index < -0.39 is 15.6 Å². The van der Waals surface area contributed by atoms with Crippen LogP contribution in [-0.4, -0.2) is 25.7 Å². The topological polar surface area (TPSA) is 66.4 Å². The van der Waals surface area contributed by atoms with Crippen molar-refractivity contribution in [3.8, 4) is 0 Å². The second-order valence-corrected chi connectivity index (χ2v) is 8.55. The molecule has 4 nitrogen and oxygen atoms in total. The maximum absolute atomic E-state index is 12.3. The number of aliphatic hydroxyl groups is 1. The number of benzene rings is 2. The molecule has 0 aromatic heterocycles. The van der Waals surface area contributed by atoms with Crippen molar-refractivity contribution in [1.29, 1.82) is 0 Å². The second kappa shape index (κ2) is 6.67. The van der Waals surface area contributed by atoms with Crippen molar-refractivity contribution >= 4 is 10.0 Å². The third-order valence-electron chi connectivity index (χ3n) is 4.56. The van der Waals surface area contributed by atoms with Crippen LogP contribution in [0.1, 0.15) is 28.7 Å². The number of nitrogens with one attached hydrogen (secondary N) is 1. The molecule has 2 N–H and O–H groups in total. The van der Waals surface area contributed by atoms with Gasteiger partial charge in [-0.3, -0.25) is 0 Å². The molecule has 0 radical (unpaired) electrons. The Bertz CT molecular complexity index is 832. The number of rotatable bonds is 5. The maximum atomic E-state index is 12.3. The van der Waals surface area contributed by atoms with Gasteiger partial charge in [-0.1, -0.05) is 54.1 Å². The average molecular weight is 345 g/mol. The van der Waals surface area contributed by atoms with E-state index in [2.05, 4.69) is 10.8 Å². The van der Waals surface area contributed by atoms with Crippen molar-refractivity contribution in [2.24, 2.45) is 0 Å². The molecule has 0 saturated heterocycles. The van der Waals surface area contributed by atoms with Crippen LogP contribution in [0.4, 0.5) is 0 Å². The first-order valence-electron chi connectivity index (χ1n) is 8.17.